The molecule has 0 spiro atoms. The van der Waals surface area contributed by atoms with Crippen LogP contribution in [0.3, 0.4) is 0 Å². The standard InChI is InChI=1S/C20H18N4O6/c1-13-7-8-15(17(11-13)24(28)29)21-18(25)12-30-20(27)16-9-10-19(26)23(22-16)14-5-3-2-4-6-14/h2-8,11H,9-10,12H2,1H3,(H,21,25). The number of aryl methyl sites for hydroxylation is 1. The summed E-state index contributed by atoms with van der Waals surface area (Å²) in [4.78, 5) is 47.0. The number of carbonyl (C=O) groups excluding carboxylic acids is 3. The average Bonchev–Trinajstić information content (AvgIpc) is 2.74. The minimum atomic E-state index is -0.836. The van der Waals surface area contributed by atoms with Crippen LogP contribution in [0.15, 0.2) is 53.6 Å². The molecule has 10 heteroatoms. The molecule has 0 saturated carbocycles. The molecule has 0 fully saturated rings. The SMILES string of the molecule is Cc1ccc(NC(=O)COC(=O)C2=NN(c3ccccc3)C(=O)CC2)c([N+](=O)[O-])c1. The lowest BCUT2D eigenvalue weighted by atomic mass is 10.1. The molecule has 10 nitrogen and oxygen atoms in total. The first-order valence-electron chi connectivity index (χ1n) is 9.02. The molecule has 0 saturated heterocycles. The van der Waals surface area contributed by atoms with Gasteiger partial charge in [0.05, 0.1) is 10.6 Å². The summed E-state index contributed by atoms with van der Waals surface area (Å²) in [5, 5.41) is 18.6. The summed E-state index contributed by atoms with van der Waals surface area (Å²) in [5.74, 6) is -1.83. The molecule has 0 atom stereocenters. The molecule has 1 heterocycles. The minimum Gasteiger partial charge on any atom is -0.451 e. The van der Waals surface area contributed by atoms with Crippen molar-refractivity contribution >= 4 is 40.6 Å². The van der Waals surface area contributed by atoms with E-state index in [0.29, 0.717) is 11.3 Å². The van der Waals surface area contributed by atoms with E-state index in [9.17, 15) is 24.5 Å². The van der Waals surface area contributed by atoms with E-state index >= 15 is 0 Å². The average molecular weight is 410 g/mol. The van der Waals surface area contributed by atoms with Gasteiger partial charge in [0.25, 0.3) is 11.6 Å². The Morgan fingerprint density at radius 2 is 1.93 bits per heavy atom. The molecule has 1 N–H and O–H groups in total. The summed E-state index contributed by atoms with van der Waals surface area (Å²) in [6.07, 6.45) is 0.163. The van der Waals surface area contributed by atoms with Crippen LogP contribution in [0.1, 0.15) is 18.4 Å². The van der Waals surface area contributed by atoms with Crippen molar-refractivity contribution in [3.63, 3.8) is 0 Å². The number of ether oxygens (including phenoxy) is 1. The smallest absolute Gasteiger partial charge is 0.355 e. The number of nitro groups is 1. The van der Waals surface area contributed by atoms with Crippen molar-refractivity contribution in [3.8, 4) is 0 Å². The molecule has 3 rings (SSSR count). The van der Waals surface area contributed by atoms with Crippen LogP contribution in [0.2, 0.25) is 0 Å². The van der Waals surface area contributed by atoms with Crippen LogP contribution in [0.25, 0.3) is 0 Å². The molecule has 2 amide bonds. The molecule has 30 heavy (non-hydrogen) atoms. The van der Waals surface area contributed by atoms with Crippen molar-refractivity contribution in [3.05, 3.63) is 64.2 Å². The fourth-order valence-corrected chi connectivity index (χ4v) is 2.77. The number of hydrogen-bond acceptors (Lipinski definition) is 7. The highest BCUT2D eigenvalue weighted by molar-refractivity contribution is 6.38. The van der Waals surface area contributed by atoms with Crippen LogP contribution in [0.5, 0.6) is 0 Å². The Kier molecular flexibility index (Phi) is 6.16. The van der Waals surface area contributed by atoms with Gasteiger partial charge >= 0.3 is 5.97 Å². The number of para-hydroxylation sites is 1. The van der Waals surface area contributed by atoms with E-state index in [1.54, 1.807) is 43.3 Å². The summed E-state index contributed by atoms with van der Waals surface area (Å²) in [6.45, 7) is 1.04. The molecule has 0 radical (unpaired) electrons. The van der Waals surface area contributed by atoms with Crippen molar-refractivity contribution in [2.75, 3.05) is 16.9 Å². The second-order valence-corrected chi connectivity index (χ2v) is 6.49. The predicted octanol–water partition coefficient (Wildman–Crippen LogP) is 2.57. The summed E-state index contributed by atoms with van der Waals surface area (Å²) in [5.41, 5.74) is 0.925. The van der Waals surface area contributed by atoms with Crippen LogP contribution < -0.4 is 10.3 Å². The topological polar surface area (TPSA) is 131 Å². The summed E-state index contributed by atoms with van der Waals surface area (Å²) in [6, 6.07) is 13.0. The lowest BCUT2D eigenvalue weighted by Crippen LogP contribution is -2.35. The van der Waals surface area contributed by atoms with E-state index in [0.717, 1.165) is 5.01 Å². The number of amides is 2. The highest BCUT2D eigenvalue weighted by Crippen LogP contribution is 2.25. The highest BCUT2D eigenvalue weighted by atomic mass is 16.6. The van der Waals surface area contributed by atoms with Gasteiger partial charge in [-0.3, -0.25) is 19.7 Å². The molecule has 1 aliphatic heterocycles. The molecule has 0 bridgehead atoms. The Labute approximate surface area is 171 Å². The van der Waals surface area contributed by atoms with Crippen LogP contribution >= 0.6 is 0 Å². The van der Waals surface area contributed by atoms with E-state index in [2.05, 4.69) is 10.4 Å². The normalized spacial score (nSPS) is 13.4. The number of nitro benzene ring substituents is 1. The summed E-state index contributed by atoms with van der Waals surface area (Å²) in [7, 11) is 0. The Morgan fingerprint density at radius 1 is 1.20 bits per heavy atom. The van der Waals surface area contributed by atoms with Crippen molar-refractivity contribution in [2.45, 2.75) is 19.8 Å². The number of nitrogens with zero attached hydrogens (tertiary/aromatic N) is 3. The van der Waals surface area contributed by atoms with Crippen LogP contribution in [0, 0.1) is 17.0 Å². The van der Waals surface area contributed by atoms with Crippen LogP contribution in [-0.2, 0) is 19.1 Å². The molecular weight excluding hydrogens is 392 g/mol. The number of anilines is 2. The van der Waals surface area contributed by atoms with Gasteiger partial charge < -0.3 is 10.1 Å². The maximum Gasteiger partial charge on any atom is 0.355 e. The van der Waals surface area contributed by atoms with E-state index in [-0.39, 0.29) is 35.8 Å². The van der Waals surface area contributed by atoms with E-state index in [1.165, 1.54) is 12.1 Å². The third-order valence-corrected chi connectivity index (χ3v) is 4.23. The third-order valence-electron chi connectivity index (χ3n) is 4.23. The zero-order chi connectivity index (χ0) is 21.7. The van der Waals surface area contributed by atoms with E-state index < -0.39 is 23.4 Å². The van der Waals surface area contributed by atoms with Gasteiger partial charge in [0, 0.05) is 18.9 Å². The van der Waals surface area contributed by atoms with Gasteiger partial charge in [0.15, 0.2) is 6.61 Å². The number of rotatable bonds is 6. The minimum absolute atomic E-state index is 0.00232. The molecule has 154 valence electrons. The van der Waals surface area contributed by atoms with Crippen molar-refractivity contribution in [1.82, 2.24) is 0 Å². The van der Waals surface area contributed by atoms with Crippen LogP contribution in [0.4, 0.5) is 17.1 Å². The van der Waals surface area contributed by atoms with Gasteiger partial charge in [-0.15, -0.1) is 0 Å². The quantitative estimate of drug-likeness (QED) is 0.442. The zero-order valence-electron chi connectivity index (χ0n) is 16.0. The molecule has 2 aromatic carbocycles. The van der Waals surface area contributed by atoms with Crippen molar-refractivity contribution in [2.24, 2.45) is 5.10 Å². The Morgan fingerprint density at radius 3 is 2.63 bits per heavy atom. The van der Waals surface area contributed by atoms with Gasteiger partial charge in [-0.2, -0.15) is 5.10 Å². The van der Waals surface area contributed by atoms with Gasteiger partial charge in [-0.25, -0.2) is 9.80 Å². The molecule has 2 aromatic rings. The van der Waals surface area contributed by atoms with Gasteiger partial charge in [0.2, 0.25) is 5.91 Å². The fourth-order valence-electron chi connectivity index (χ4n) is 2.77. The lowest BCUT2D eigenvalue weighted by Gasteiger charge is -2.22. The molecule has 0 aliphatic carbocycles. The Balaban J connectivity index is 1.63. The molecule has 1 aliphatic rings. The number of carbonyl (C=O) groups is 3. The zero-order valence-corrected chi connectivity index (χ0v) is 16.0. The predicted molar refractivity (Wildman–Crippen MR) is 108 cm³/mol. The maximum atomic E-state index is 12.3. The molecular formula is C20H18N4O6. The summed E-state index contributed by atoms with van der Waals surface area (Å²) < 4.78 is 4.97. The van der Waals surface area contributed by atoms with E-state index in [1.807, 2.05) is 0 Å². The lowest BCUT2D eigenvalue weighted by molar-refractivity contribution is -0.384. The number of hydrazone groups is 1. The fraction of sp³-hybridized carbons (Fsp3) is 0.200. The maximum absolute atomic E-state index is 12.3. The van der Waals surface area contributed by atoms with Gasteiger partial charge in [-0.05, 0) is 30.7 Å². The third kappa shape index (κ3) is 4.85. The van der Waals surface area contributed by atoms with Crippen molar-refractivity contribution in [1.29, 1.82) is 0 Å². The number of esters is 1. The molecule has 0 aromatic heterocycles. The number of hydrogen-bond donors (Lipinski definition) is 1. The summed E-state index contributed by atoms with van der Waals surface area (Å²) >= 11 is 0. The first-order chi connectivity index (χ1) is 14.3. The van der Waals surface area contributed by atoms with Crippen LogP contribution in [-0.4, -0.2) is 35.0 Å². The largest absolute Gasteiger partial charge is 0.451 e. The first kappa shape index (κ1) is 20.6. The van der Waals surface area contributed by atoms with Crippen molar-refractivity contribution < 1.29 is 24.0 Å². The monoisotopic (exact) mass is 410 g/mol. The highest BCUT2D eigenvalue weighted by Gasteiger charge is 2.27. The Hall–Kier alpha value is -4.08. The van der Waals surface area contributed by atoms with Gasteiger partial charge in [0.1, 0.15) is 11.4 Å². The number of benzene rings is 2. The Bertz CT molecular complexity index is 1030. The second-order valence-electron chi connectivity index (χ2n) is 6.49. The number of nitrogens with one attached hydrogen (secondary N) is 1. The second kappa shape index (κ2) is 8.95. The molecule has 0 unspecified atom stereocenters. The first-order valence-corrected chi connectivity index (χ1v) is 9.02. The van der Waals surface area contributed by atoms with E-state index in [4.69, 9.17) is 4.74 Å². The van der Waals surface area contributed by atoms with Gasteiger partial charge in [-0.1, -0.05) is 24.3 Å².